The highest BCUT2D eigenvalue weighted by atomic mass is 35.5. The van der Waals surface area contributed by atoms with Gasteiger partial charge >= 0.3 is 0 Å². The molecule has 0 heterocycles. The SMILES string of the molecule is O=C(CCc1ccccc1)N/N=C/c1ccc(Cl)cc1. The Labute approximate surface area is 123 Å². The highest BCUT2D eigenvalue weighted by molar-refractivity contribution is 6.30. The van der Waals surface area contributed by atoms with Crippen LogP contribution in [0.15, 0.2) is 59.7 Å². The molecule has 0 aliphatic rings. The van der Waals surface area contributed by atoms with E-state index in [4.69, 9.17) is 11.6 Å². The predicted molar refractivity (Wildman–Crippen MR) is 82.0 cm³/mol. The van der Waals surface area contributed by atoms with E-state index < -0.39 is 0 Å². The van der Waals surface area contributed by atoms with Crippen LogP contribution < -0.4 is 5.43 Å². The van der Waals surface area contributed by atoms with E-state index in [1.54, 1.807) is 18.3 Å². The van der Waals surface area contributed by atoms with Crippen molar-refractivity contribution in [3.63, 3.8) is 0 Å². The van der Waals surface area contributed by atoms with Gasteiger partial charge in [0.2, 0.25) is 5.91 Å². The van der Waals surface area contributed by atoms with E-state index in [2.05, 4.69) is 10.5 Å². The lowest BCUT2D eigenvalue weighted by Gasteiger charge is -2.00. The monoisotopic (exact) mass is 286 g/mol. The maximum Gasteiger partial charge on any atom is 0.240 e. The predicted octanol–water partition coefficient (Wildman–Crippen LogP) is 3.42. The van der Waals surface area contributed by atoms with Gasteiger partial charge in [-0.15, -0.1) is 0 Å². The van der Waals surface area contributed by atoms with Gasteiger partial charge in [-0.05, 0) is 29.7 Å². The Balaban J connectivity index is 1.76. The Morgan fingerprint density at radius 1 is 1.10 bits per heavy atom. The lowest BCUT2D eigenvalue weighted by atomic mass is 10.1. The zero-order valence-corrected chi connectivity index (χ0v) is 11.7. The molecule has 0 fully saturated rings. The van der Waals surface area contributed by atoms with Crippen molar-refractivity contribution >= 4 is 23.7 Å². The third-order valence-electron chi connectivity index (χ3n) is 2.76. The number of aryl methyl sites for hydroxylation is 1. The summed E-state index contributed by atoms with van der Waals surface area (Å²) in [6.07, 6.45) is 2.72. The number of hydrogen-bond donors (Lipinski definition) is 1. The van der Waals surface area contributed by atoms with E-state index >= 15 is 0 Å². The van der Waals surface area contributed by atoms with Crippen LogP contribution in [0, 0.1) is 0 Å². The third-order valence-corrected chi connectivity index (χ3v) is 3.01. The summed E-state index contributed by atoms with van der Waals surface area (Å²) >= 11 is 5.78. The summed E-state index contributed by atoms with van der Waals surface area (Å²) in [6.45, 7) is 0. The molecule has 102 valence electrons. The summed E-state index contributed by atoms with van der Waals surface area (Å²) in [4.78, 5) is 11.6. The first kappa shape index (κ1) is 14.3. The van der Waals surface area contributed by atoms with Crippen molar-refractivity contribution < 1.29 is 4.79 Å². The van der Waals surface area contributed by atoms with Crippen molar-refractivity contribution in [1.29, 1.82) is 0 Å². The Hall–Kier alpha value is -2.13. The van der Waals surface area contributed by atoms with Gasteiger partial charge < -0.3 is 0 Å². The second-order valence-corrected chi connectivity index (χ2v) is 4.77. The molecule has 0 aliphatic heterocycles. The summed E-state index contributed by atoms with van der Waals surface area (Å²) in [5, 5.41) is 4.59. The summed E-state index contributed by atoms with van der Waals surface area (Å²) in [5.74, 6) is -0.0981. The molecule has 0 spiro atoms. The maximum atomic E-state index is 11.6. The van der Waals surface area contributed by atoms with Crippen LogP contribution in [0.1, 0.15) is 17.5 Å². The third kappa shape index (κ3) is 4.86. The van der Waals surface area contributed by atoms with Gasteiger partial charge in [0.15, 0.2) is 0 Å². The molecule has 4 heteroatoms. The van der Waals surface area contributed by atoms with Crippen LogP contribution >= 0.6 is 11.6 Å². The Bertz CT molecular complexity index is 579. The molecule has 0 aromatic heterocycles. The topological polar surface area (TPSA) is 41.5 Å². The fourth-order valence-corrected chi connectivity index (χ4v) is 1.81. The Kier molecular flexibility index (Phi) is 5.33. The number of halogens is 1. The molecule has 2 rings (SSSR count). The first-order chi connectivity index (χ1) is 9.74. The van der Waals surface area contributed by atoms with Gasteiger partial charge in [-0.2, -0.15) is 5.10 Å². The van der Waals surface area contributed by atoms with Crippen LogP contribution in [0.25, 0.3) is 0 Å². The normalized spacial score (nSPS) is 10.7. The van der Waals surface area contributed by atoms with Gasteiger partial charge in [-0.25, -0.2) is 5.43 Å². The quantitative estimate of drug-likeness (QED) is 0.664. The number of nitrogens with one attached hydrogen (secondary N) is 1. The zero-order chi connectivity index (χ0) is 14.2. The van der Waals surface area contributed by atoms with Gasteiger partial charge in [-0.3, -0.25) is 4.79 Å². The van der Waals surface area contributed by atoms with Crippen LogP contribution in [0.2, 0.25) is 5.02 Å². The van der Waals surface area contributed by atoms with Gasteiger partial charge in [0, 0.05) is 11.4 Å². The van der Waals surface area contributed by atoms with Gasteiger partial charge in [-0.1, -0.05) is 54.1 Å². The van der Waals surface area contributed by atoms with Crippen molar-refractivity contribution in [1.82, 2.24) is 5.43 Å². The number of nitrogens with zero attached hydrogens (tertiary/aromatic N) is 1. The first-order valence-electron chi connectivity index (χ1n) is 6.35. The van der Waals surface area contributed by atoms with Gasteiger partial charge in [0.25, 0.3) is 0 Å². The fraction of sp³-hybridized carbons (Fsp3) is 0.125. The van der Waals surface area contributed by atoms with E-state index in [1.807, 2.05) is 42.5 Å². The second-order valence-electron chi connectivity index (χ2n) is 4.33. The van der Waals surface area contributed by atoms with Crippen LogP contribution in [-0.4, -0.2) is 12.1 Å². The van der Waals surface area contributed by atoms with Crippen molar-refractivity contribution in [2.45, 2.75) is 12.8 Å². The molecule has 20 heavy (non-hydrogen) atoms. The minimum Gasteiger partial charge on any atom is -0.273 e. The van der Waals surface area contributed by atoms with Crippen molar-refractivity contribution in [2.24, 2.45) is 5.10 Å². The number of hydrazone groups is 1. The number of carbonyl (C=O) groups excluding carboxylic acids is 1. The van der Waals surface area contributed by atoms with E-state index in [9.17, 15) is 4.79 Å². The molecule has 0 unspecified atom stereocenters. The van der Waals surface area contributed by atoms with Crippen LogP contribution in [0.5, 0.6) is 0 Å². The number of carbonyl (C=O) groups is 1. The largest absolute Gasteiger partial charge is 0.273 e. The summed E-state index contributed by atoms with van der Waals surface area (Å²) in [5.41, 5.74) is 4.54. The van der Waals surface area contributed by atoms with E-state index in [-0.39, 0.29) is 5.91 Å². The highest BCUT2D eigenvalue weighted by Gasteiger charge is 2.00. The van der Waals surface area contributed by atoms with Crippen LogP contribution in [0.4, 0.5) is 0 Å². The van der Waals surface area contributed by atoms with Gasteiger partial charge in [0.05, 0.1) is 6.21 Å². The summed E-state index contributed by atoms with van der Waals surface area (Å²) < 4.78 is 0. The van der Waals surface area contributed by atoms with Crippen molar-refractivity contribution in [2.75, 3.05) is 0 Å². The minimum absolute atomic E-state index is 0.0981. The van der Waals surface area contributed by atoms with Crippen LogP contribution in [-0.2, 0) is 11.2 Å². The van der Waals surface area contributed by atoms with E-state index in [0.717, 1.165) is 11.1 Å². The number of rotatable bonds is 5. The molecule has 2 aromatic carbocycles. The molecule has 1 N–H and O–H groups in total. The smallest absolute Gasteiger partial charge is 0.240 e. The Morgan fingerprint density at radius 3 is 2.50 bits per heavy atom. The molecule has 0 radical (unpaired) electrons. The molecule has 0 saturated carbocycles. The molecular weight excluding hydrogens is 272 g/mol. The summed E-state index contributed by atoms with van der Waals surface area (Å²) in [7, 11) is 0. The highest BCUT2D eigenvalue weighted by Crippen LogP contribution is 2.07. The molecule has 3 nitrogen and oxygen atoms in total. The molecule has 0 saturated heterocycles. The van der Waals surface area contributed by atoms with Crippen LogP contribution in [0.3, 0.4) is 0 Å². The molecule has 0 aliphatic carbocycles. The van der Waals surface area contributed by atoms with E-state index in [1.165, 1.54) is 0 Å². The minimum atomic E-state index is -0.0981. The standard InChI is InChI=1S/C16H15ClN2O/c17-15-9-6-14(7-10-15)12-18-19-16(20)11-8-13-4-2-1-3-5-13/h1-7,9-10,12H,8,11H2,(H,19,20)/b18-12+. The Morgan fingerprint density at radius 2 is 1.80 bits per heavy atom. The molecular formula is C16H15ClN2O. The average molecular weight is 287 g/mol. The lowest BCUT2D eigenvalue weighted by Crippen LogP contribution is -2.17. The first-order valence-corrected chi connectivity index (χ1v) is 6.73. The molecule has 0 atom stereocenters. The number of benzene rings is 2. The van der Waals surface area contributed by atoms with Crippen molar-refractivity contribution in [3.8, 4) is 0 Å². The molecule has 1 amide bonds. The average Bonchev–Trinajstić information content (AvgIpc) is 2.48. The van der Waals surface area contributed by atoms with Gasteiger partial charge in [0.1, 0.15) is 0 Å². The van der Waals surface area contributed by atoms with Crippen molar-refractivity contribution in [3.05, 3.63) is 70.7 Å². The van der Waals surface area contributed by atoms with E-state index in [0.29, 0.717) is 17.9 Å². The fourth-order valence-electron chi connectivity index (χ4n) is 1.69. The lowest BCUT2D eigenvalue weighted by molar-refractivity contribution is -0.121. The zero-order valence-electron chi connectivity index (χ0n) is 10.9. The molecule has 2 aromatic rings. The molecule has 0 bridgehead atoms. The second kappa shape index (κ2) is 7.46. The summed E-state index contributed by atoms with van der Waals surface area (Å²) in [6, 6.07) is 17.1. The number of amides is 1. The number of hydrogen-bond acceptors (Lipinski definition) is 2. The maximum absolute atomic E-state index is 11.6.